The molecule has 9 nitrogen and oxygen atoms in total. The number of rotatable bonds is 5. The van der Waals surface area contributed by atoms with Gasteiger partial charge in [0.1, 0.15) is 0 Å². The van der Waals surface area contributed by atoms with Crippen LogP contribution in [0.1, 0.15) is 15.9 Å². The molecule has 10 heteroatoms. The molecule has 0 radical (unpaired) electrons. The number of carbonyl (C=O) groups excluding carboxylic acids is 1. The van der Waals surface area contributed by atoms with Gasteiger partial charge in [0.05, 0.1) is 48.5 Å². The van der Waals surface area contributed by atoms with Crippen LogP contribution in [0.2, 0.25) is 0 Å². The third kappa shape index (κ3) is 4.76. The molecule has 0 bridgehead atoms. The molecule has 0 saturated carbocycles. The maximum Gasteiger partial charge on any atom is 0.257 e. The van der Waals surface area contributed by atoms with Crippen molar-refractivity contribution in [1.29, 1.82) is 5.26 Å². The average Bonchev–Trinajstić information content (AvgIpc) is 2.85. The standard InChI is InChI=1S/C22H24N4O5S/c23-16-17-2-1-3-18(14-17)24-22(27)20-15-19(32(28,29)26-8-12-31-13-9-26)4-5-21(20)25-6-10-30-11-7-25/h1-5,14-15H,6-13H2,(H,24,27). The summed E-state index contributed by atoms with van der Waals surface area (Å²) >= 11 is 0. The Balaban J connectivity index is 1.70. The molecule has 2 heterocycles. The summed E-state index contributed by atoms with van der Waals surface area (Å²) in [6.07, 6.45) is 0. The summed E-state index contributed by atoms with van der Waals surface area (Å²) in [6, 6.07) is 13.3. The number of sulfonamides is 1. The van der Waals surface area contributed by atoms with Crippen LogP contribution in [0.15, 0.2) is 47.4 Å². The number of anilines is 2. The smallest absolute Gasteiger partial charge is 0.257 e. The lowest BCUT2D eigenvalue weighted by molar-refractivity contribution is 0.0730. The number of morpholine rings is 2. The summed E-state index contributed by atoms with van der Waals surface area (Å²) in [6.45, 7) is 3.48. The minimum absolute atomic E-state index is 0.0623. The van der Waals surface area contributed by atoms with Gasteiger partial charge in [0.25, 0.3) is 5.91 Å². The van der Waals surface area contributed by atoms with E-state index < -0.39 is 15.9 Å². The Kier molecular flexibility index (Phi) is 6.72. The lowest BCUT2D eigenvalue weighted by atomic mass is 10.1. The SMILES string of the molecule is N#Cc1cccc(NC(=O)c2cc(S(=O)(=O)N3CCOCC3)ccc2N2CCOCC2)c1. The molecule has 1 amide bonds. The van der Waals surface area contributed by atoms with Crippen molar-refractivity contribution in [3.63, 3.8) is 0 Å². The van der Waals surface area contributed by atoms with E-state index in [2.05, 4.69) is 5.32 Å². The molecule has 0 unspecified atom stereocenters. The molecule has 1 N–H and O–H groups in total. The van der Waals surface area contributed by atoms with E-state index in [1.165, 1.54) is 10.4 Å². The van der Waals surface area contributed by atoms with Crippen molar-refractivity contribution in [3.05, 3.63) is 53.6 Å². The minimum Gasteiger partial charge on any atom is -0.379 e. The largest absolute Gasteiger partial charge is 0.379 e. The number of nitriles is 1. The number of ether oxygens (including phenoxy) is 2. The first kappa shape index (κ1) is 22.2. The molecule has 2 aliphatic heterocycles. The van der Waals surface area contributed by atoms with Crippen LogP contribution >= 0.6 is 0 Å². The first-order chi connectivity index (χ1) is 15.5. The van der Waals surface area contributed by atoms with Crippen LogP contribution in [-0.4, -0.2) is 71.2 Å². The summed E-state index contributed by atoms with van der Waals surface area (Å²) in [5.74, 6) is -0.444. The van der Waals surface area contributed by atoms with Crippen LogP contribution in [-0.2, 0) is 19.5 Å². The zero-order chi connectivity index (χ0) is 22.6. The molecule has 4 rings (SSSR count). The van der Waals surface area contributed by atoms with E-state index in [4.69, 9.17) is 14.7 Å². The molecule has 32 heavy (non-hydrogen) atoms. The maximum atomic E-state index is 13.3. The van der Waals surface area contributed by atoms with Crippen molar-refractivity contribution in [1.82, 2.24) is 4.31 Å². The van der Waals surface area contributed by atoms with E-state index in [1.807, 2.05) is 11.0 Å². The highest BCUT2D eigenvalue weighted by Gasteiger charge is 2.29. The Hall–Kier alpha value is -2.97. The van der Waals surface area contributed by atoms with Gasteiger partial charge in [-0.3, -0.25) is 4.79 Å². The number of nitrogens with one attached hydrogen (secondary N) is 1. The predicted octanol–water partition coefficient (Wildman–Crippen LogP) is 1.67. The van der Waals surface area contributed by atoms with E-state index >= 15 is 0 Å². The predicted molar refractivity (Wildman–Crippen MR) is 118 cm³/mol. The molecule has 0 spiro atoms. The molecule has 0 aliphatic carbocycles. The molecule has 2 aliphatic rings. The first-order valence-corrected chi connectivity index (χ1v) is 11.8. The monoisotopic (exact) mass is 456 g/mol. The fraction of sp³-hybridized carbons (Fsp3) is 0.364. The maximum absolute atomic E-state index is 13.3. The lowest BCUT2D eigenvalue weighted by Crippen LogP contribution is -2.41. The topological polar surface area (TPSA) is 112 Å². The quantitative estimate of drug-likeness (QED) is 0.728. The fourth-order valence-electron chi connectivity index (χ4n) is 3.74. The van der Waals surface area contributed by atoms with Gasteiger partial charge in [-0.25, -0.2) is 8.42 Å². The number of benzene rings is 2. The molecular weight excluding hydrogens is 432 g/mol. The van der Waals surface area contributed by atoms with Gasteiger partial charge in [-0.2, -0.15) is 9.57 Å². The highest BCUT2D eigenvalue weighted by atomic mass is 32.2. The van der Waals surface area contributed by atoms with Crippen LogP contribution in [0.25, 0.3) is 0 Å². The van der Waals surface area contributed by atoms with E-state index in [1.54, 1.807) is 36.4 Å². The third-order valence-electron chi connectivity index (χ3n) is 5.42. The molecule has 2 aromatic rings. The van der Waals surface area contributed by atoms with Crippen LogP contribution in [0.5, 0.6) is 0 Å². The van der Waals surface area contributed by atoms with Gasteiger partial charge in [-0.15, -0.1) is 0 Å². The second-order valence-corrected chi connectivity index (χ2v) is 9.38. The van der Waals surface area contributed by atoms with Crippen LogP contribution in [0.3, 0.4) is 0 Å². The molecule has 0 atom stereocenters. The second-order valence-electron chi connectivity index (χ2n) is 7.44. The summed E-state index contributed by atoms with van der Waals surface area (Å²) < 4.78 is 38.4. The lowest BCUT2D eigenvalue weighted by Gasteiger charge is -2.31. The van der Waals surface area contributed by atoms with Crippen molar-refractivity contribution in [2.75, 3.05) is 62.8 Å². The molecule has 2 aromatic carbocycles. The summed E-state index contributed by atoms with van der Waals surface area (Å²) in [5, 5.41) is 11.9. The zero-order valence-corrected chi connectivity index (χ0v) is 18.3. The van der Waals surface area contributed by atoms with Crippen molar-refractivity contribution in [2.45, 2.75) is 4.90 Å². The van der Waals surface area contributed by atoms with Crippen LogP contribution in [0, 0.1) is 11.3 Å². The van der Waals surface area contributed by atoms with Gasteiger partial charge in [0.15, 0.2) is 0 Å². The molecule has 2 saturated heterocycles. The Labute approximate surface area is 187 Å². The van der Waals surface area contributed by atoms with Crippen molar-refractivity contribution < 1.29 is 22.7 Å². The fourth-order valence-corrected chi connectivity index (χ4v) is 5.17. The van der Waals surface area contributed by atoms with Crippen molar-refractivity contribution in [3.8, 4) is 6.07 Å². The molecule has 0 aromatic heterocycles. The Morgan fingerprint density at radius 3 is 2.34 bits per heavy atom. The van der Waals surface area contributed by atoms with Gasteiger partial charge < -0.3 is 19.7 Å². The Bertz CT molecular complexity index is 1130. The Morgan fingerprint density at radius 1 is 0.969 bits per heavy atom. The van der Waals surface area contributed by atoms with Crippen LogP contribution < -0.4 is 10.2 Å². The first-order valence-electron chi connectivity index (χ1n) is 10.4. The number of amides is 1. The minimum atomic E-state index is -3.76. The molecule has 2 fully saturated rings. The van der Waals surface area contributed by atoms with Gasteiger partial charge in [0.2, 0.25) is 10.0 Å². The van der Waals surface area contributed by atoms with Gasteiger partial charge in [-0.05, 0) is 36.4 Å². The van der Waals surface area contributed by atoms with E-state index in [9.17, 15) is 13.2 Å². The number of hydrogen-bond acceptors (Lipinski definition) is 7. The molecular formula is C22H24N4O5S. The second kappa shape index (κ2) is 9.67. The van der Waals surface area contributed by atoms with Crippen molar-refractivity contribution >= 4 is 27.3 Å². The van der Waals surface area contributed by atoms with E-state index in [-0.39, 0.29) is 23.5 Å². The van der Waals surface area contributed by atoms with Gasteiger partial charge in [-0.1, -0.05) is 6.07 Å². The van der Waals surface area contributed by atoms with Gasteiger partial charge >= 0.3 is 0 Å². The summed E-state index contributed by atoms with van der Waals surface area (Å²) in [4.78, 5) is 15.3. The van der Waals surface area contributed by atoms with E-state index in [0.29, 0.717) is 56.5 Å². The highest BCUT2D eigenvalue weighted by molar-refractivity contribution is 7.89. The van der Waals surface area contributed by atoms with Gasteiger partial charge in [0, 0.05) is 37.6 Å². The Morgan fingerprint density at radius 2 is 1.66 bits per heavy atom. The number of carbonyl (C=O) groups is 1. The van der Waals surface area contributed by atoms with Crippen LogP contribution in [0.4, 0.5) is 11.4 Å². The highest BCUT2D eigenvalue weighted by Crippen LogP contribution is 2.28. The number of nitrogens with zero attached hydrogens (tertiary/aromatic N) is 3. The van der Waals surface area contributed by atoms with E-state index in [0.717, 1.165) is 0 Å². The third-order valence-corrected chi connectivity index (χ3v) is 7.32. The summed E-state index contributed by atoms with van der Waals surface area (Å²) in [5.41, 5.74) is 1.77. The number of hydrogen-bond donors (Lipinski definition) is 1. The summed E-state index contributed by atoms with van der Waals surface area (Å²) in [7, 11) is -3.76. The zero-order valence-electron chi connectivity index (χ0n) is 17.5. The van der Waals surface area contributed by atoms with Crippen molar-refractivity contribution in [2.24, 2.45) is 0 Å². The normalized spacial score (nSPS) is 17.5. The average molecular weight is 457 g/mol. The molecule has 168 valence electrons.